The molecule has 0 bridgehead atoms. The highest BCUT2D eigenvalue weighted by Gasteiger charge is 2.32. The molecule has 1 atom stereocenters. The number of carbonyl (C=O) groups excluding carboxylic acids is 1. The first-order valence-corrected chi connectivity index (χ1v) is 10.9. The van der Waals surface area contributed by atoms with Gasteiger partial charge in [-0.2, -0.15) is 4.31 Å². The first kappa shape index (κ1) is 22.9. The van der Waals surface area contributed by atoms with Crippen LogP contribution in [0.4, 0.5) is 0 Å². The lowest BCUT2D eigenvalue weighted by Gasteiger charge is -2.25. The zero-order valence-corrected chi connectivity index (χ0v) is 17.8. The number of likely N-dealkylation sites (N-methyl/N-ethyl adjacent to an activating group) is 1. The third kappa shape index (κ3) is 4.76. The number of nitrogens with two attached hydrogens (primary N) is 1. The van der Waals surface area contributed by atoms with Gasteiger partial charge in [-0.3, -0.25) is 9.36 Å². The van der Waals surface area contributed by atoms with Crippen LogP contribution < -0.4 is 16.2 Å². The first-order chi connectivity index (χ1) is 15.1. The number of benzene rings is 2. The summed E-state index contributed by atoms with van der Waals surface area (Å²) in [5.41, 5.74) is 4.46. The van der Waals surface area contributed by atoms with Crippen molar-refractivity contribution in [3.63, 3.8) is 0 Å². The lowest BCUT2D eigenvalue weighted by molar-refractivity contribution is -0.121. The summed E-state index contributed by atoms with van der Waals surface area (Å²) in [6.45, 7) is -0.254. The molecule has 0 radical (unpaired) electrons. The van der Waals surface area contributed by atoms with Crippen molar-refractivity contribution in [1.82, 2.24) is 13.6 Å². The average Bonchev–Trinajstić information content (AvgIpc) is 3.00. The Kier molecular flexibility index (Phi) is 6.55. The van der Waals surface area contributed by atoms with Gasteiger partial charge in [0.2, 0.25) is 21.8 Å². The second kappa shape index (κ2) is 9.16. The Hall–Kier alpha value is -3.77. The maximum absolute atomic E-state index is 13.0. The van der Waals surface area contributed by atoms with E-state index in [0.29, 0.717) is 11.5 Å². The van der Waals surface area contributed by atoms with Crippen molar-refractivity contribution in [3.05, 3.63) is 71.3 Å². The second-order valence-electron chi connectivity index (χ2n) is 6.88. The number of ether oxygens (including phenoxy) is 1. The molecular weight excluding hydrogens is 440 g/mol. The van der Waals surface area contributed by atoms with Crippen LogP contribution in [0.1, 0.15) is 6.42 Å². The highest BCUT2D eigenvalue weighted by Crippen LogP contribution is 2.25. The van der Waals surface area contributed by atoms with Crippen LogP contribution in [0.15, 0.2) is 70.5 Å². The van der Waals surface area contributed by atoms with Crippen molar-refractivity contribution in [3.8, 4) is 17.4 Å². The summed E-state index contributed by atoms with van der Waals surface area (Å²) in [7, 11) is -2.93. The average molecular weight is 462 g/mol. The molecule has 2 aromatic carbocycles. The minimum Gasteiger partial charge on any atom is -0.493 e. The molecule has 0 aliphatic heterocycles. The molecule has 0 fully saturated rings. The van der Waals surface area contributed by atoms with Crippen molar-refractivity contribution in [2.45, 2.75) is 23.9 Å². The number of amides is 1. The van der Waals surface area contributed by atoms with Gasteiger partial charge in [0, 0.05) is 13.6 Å². The van der Waals surface area contributed by atoms with Gasteiger partial charge in [0.25, 0.3) is 0 Å². The number of nitrogens with zero attached hydrogens (tertiary/aromatic N) is 3. The highest BCUT2D eigenvalue weighted by molar-refractivity contribution is 7.89. The van der Waals surface area contributed by atoms with Gasteiger partial charge < -0.3 is 20.8 Å². The molecule has 0 saturated carbocycles. The van der Waals surface area contributed by atoms with Gasteiger partial charge in [-0.05, 0) is 42.8 Å². The number of aromatic nitrogens is 2. The van der Waals surface area contributed by atoms with Crippen LogP contribution in [-0.4, -0.2) is 51.3 Å². The number of primary amides is 1. The van der Waals surface area contributed by atoms with Crippen molar-refractivity contribution in [2.24, 2.45) is 5.73 Å². The quantitative estimate of drug-likeness (QED) is 0.400. The molecule has 3 rings (SSSR count). The van der Waals surface area contributed by atoms with Crippen LogP contribution in [0.3, 0.4) is 0 Å². The minimum absolute atomic E-state index is 0.0896. The molecule has 32 heavy (non-hydrogen) atoms. The van der Waals surface area contributed by atoms with E-state index in [1.165, 1.54) is 31.3 Å². The van der Waals surface area contributed by atoms with Crippen LogP contribution in [-0.2, 0) is 21.4 Å². The topological polar surface area (TPSA) is 157 Å². The zero-order valence-electron chi connectivity index (χ0n) is 17.0. The van der Waals surface area contributed by atoms with Crippen LogP contribution in [0, 0.1) is 0 Å². The highest BCUT2D eigenvalue weighted by atomic mass is 32.2. The SMILES string of the molecule is CN(C(CCn1c(O)cn(O)c1=O)C(N)=O)S(=O)(=O)c1ccc(Oc2ccccc2)cc1. The summed E-state index contributed by atoms with van der Waals surface area (Å²) in [6, 6.07) is 13.3. The Morgan fingerprint density at radius 2 is 1.72 bits per heavy atom. The van der Waals surface area contributed by atoms with Crippen molar-refractivity contribution >= 4 is 15.9 Å². The number of carbonyl (C=O) groups is 1. The predicted octanol–water partition coefficient (Wildman–Crippen LogP) is 0.950. The number of para-hydroxylation sites is 1. The summed E-state index contributed by atoms with van der Waals surface area (Å²) < 4.78 is 33.4. The van der Waals surface area contributed by atoms with Crippen LogP contribution >= 0.6 is 0 Å². The van der Waals surface area contributed by atoms with E-state index in [1.807, 2.05) is 6.07 Å². The molecule has 3 aromatic rings. The molecule has 0 aliphatic rings. The maximum Gasteiger partial charge on any atom is 0.363 e. The summed E-state index contributed by atoms with van der Waals surface area (Å²) in [6.07, 6.45) is 0.568. The Morgan fingerprint density at radius 3 is 2.25 bits per heavy atom. The van der Waals surface area contributed by atoms with Crippen LogP contribution in [0.2, 0.25) is 0 Å². The smallest absolute Gasteiger partial charge is 0.363 e. The molecule has 0 saturated heterocycles. The summed E-state index contributed by atoms with van der Waals surface area (Å²) >= 11 is 0. The van der Waals surface area contributed by atoms with Gasteiger partial charge in [-0.15, -0.1) is 4.73 Å². The Balaban J connectivity index is 1.77. The molecule has 4 N–H and O–H groups in total. The van der Waals surface area contributed by atoms with E-state index >= 15 is 0 Å². The van der Waals surface area contributed by atoms with Gasteiger partial charge in [0.15, 0.2) is 0 Å². The van der Waals surface area contributed by atoms with E-state index in [4.69, 9.17) is 10.5 Å². The third-order valence-electron chi connectivity index (χ3n) is 4.81. The van der Waals surface area contributed by atoms with E-state index in [-0.39, 0.29) is 22.6 Å². The van der Waals surface area contributed by atoms with Crippen molar-refractivity contribution in [1.29, 1.82) is 0 Å². The monoisotopic (exact) mass is 462 g/mol. The first-order valence-electron chi connectivity index (χ1n) is 9.42. The third-order valence-corrected chi connectivity index (χ3v) is 6.69. The fraction of sp³-hybridized carbons (Fsp3) is 0.200. The lowest BCUT2D eigenvalue weighted by atomic mass is 10.2. The molecule has 12 heteroatoms. The Bertz CT molecular complexity index is 1250. The number of hydrogen-bond donors (Lipinski definition) is 3. The fourth-order valence-corrected chi connectivity index (χ4v) is 4.42. The minimum atomic E-state index is -4.12. The Morgan fingerprint density at radius 1 is 1.12 bits per heavy atom. The zero-order chi connectivity index (χ0) is 23.5. The van der Waals surface area contributed by atoms with E-state index in [2.05, 4.69) is 0 Å². The van der Waals surface area contributed by atoms with E-state index < -0.39 is 33.5 Å². The summed E-state index contributed by atoms with van der Waals surface area (Å²) in [4.78, 5) is 23.7. The molecule has 0 spiro atoms. The largest absolute Gasteiger partial charge is 0.493 e. The predicted molar refractivity (Wildman–Crippen MR) is 113 cm³/mol. The van der Waals surface area contributed by atoms with Gasteiger partial charge in [0.05, 0.1) is 4.90 Å². The molecule has 1 aromatic heterocycles. The normalized spacial score (nSPS) is 12.6. The lowest BCUT2D eigenvalue weighted by Crippen LogP contribution is -2.46. The van der Waals surface area contributed by atoms with Gasteiger partial charge in [-0.25, -0.2) is 13.2 Å². The number of hydrogen-bond acceptors (Lipinski definition) is 7. The van der Waals surface area contributed by atoms with Crippen molar-refractivity contribution < 1.29 is 28.3 Å². The molecule has 170 valence electrons. The van der Waals surface area contributed by atoms with Crippen LogP contribution in [0.25, 0.3) is 0 Å². The van der Waals surface area contributed by atoms with E-state index in [1.54, 1.807) is 24.3 Å². The summed E-state index contributed by atoms with van der Waals surface area (Å²) in [5, 5.41) is 19.0. The molecular formula is C20H22N4O7S. The number of imidazole rings is 1. The summed E-state index contributed by atoms with van der Waals surface area (Å²) in [5.74, 6) is -0.465. The molecule has 11 nitrogen and oxygen atoms in total. The fourth-order valence-electron chi connectivity index (χ4n) is 3.06. The molecule has 1 amide bonds. The van der Waals surface area contributed by atoms with Crippen LogP contribution in [0.5, 0.6) is 17.4 Å². The molecule has 1 heterocycles. The Labute approximate surface area is 183 Å². The molecule has 1 unspecified atom stereocenters. The number of aromatic hydroxyl groups is 1. The number of sulfonamides is 1. The van der Waals surface area contributed by atoms with E-state index in [0.717, 1.165) is 15.1 Å². The maximum atomic E-state index is 13.0. The molecule has 0 aliphatic carbocycles. The van der Waals surface area contributed by atoms with E-state index in [9.17, 15) is 28.3 Å². The van der Waals surface area contributed by atoms with Gasteiger partial charge >= 0.3 is 5.69 Å². The number of rotatable bonds is 9. The van der Waals surface area contributed by atoms with Crippen molar-refractivity contribution in [2.75, 3.05) is 7.05 Å². The second-order valence-corrected chi connectivity index (χ2v) is 8.88. The van der Waals surface area contributed by atoms with Gasteiger partial charge in [0.1, 0.15) is 23.7 Å². The van der Waals surface area contributed by atoms with Gasteiger partial charge in [-0.1, -0.05) is 18.2 Å². The standard InChI is InChI=1S/C20H22N4O7S/c1-22(17(19(21)26)11-12-23-18(25)13-24(28)20(23)27)32(29,30)16-9-7-15(8-10-16)31-14-5-3-2-4-6-14/h2-10,13,17,25,28H,11-12H2,1H3,(H2,21,26).